The van der Waals surface area contributed by atoms with Gasteiger partial charge in [-0.05, 0) is 12.8 Å². The number of carboxylic acid groups (broad SMARTS) is 1. The number of carboxylic acids is 1. The summed E-state index contributed by atoms with van der Waals surface area (Å²) in [7, 11) is 0. The Morgan fingerprint density at radius 1 is 1.33 bits per heavy atom. The van der Waals surface area contributed by atoms with E-state index >= 15 is 0 Å². The summed E-state index contributed by atoms with van der Waals surface area (Å²) in [4.78, 5) is 10.6. The van der Waals surface area contributed by atoms with E-state index in [2.05, 4.69) is 17.1 Å². The zero-order valence-electron chi connectivity index (χ0n) is 8.69. The van der Waals surface area contributed by atoms with Crippen molar-refractivity contribution in [2.24, 2.45) is 0 Å². The lowest BCUT2D eigenvalue weighted by Crippen LogP contribution is -2.25. The maximum atomic E-state index is 10.6. The van der Waals surface area contributed by atoms with Crippen LogP contribution in [0.4, 0.5) is 0 Å². The molecule has 1 aromatic heterocycles. The Hall–Kier alpha value is -1.39. The molecule has 0 aliphatic heterocycles. The summed E-state index contributed by atoms with van der Waals surface area (Å²) < 4.78 is 5.17. The maximum absolute atomic E-state index is 10.6. The van der Waals surface area contributed by atoms with Gasteiger partial charge >= 0.3 is 11.9 Å². The quantitative estimate of drug-likeness (QED) is 0.807. The lowest BCUT2D eigenvalue weighted by molar-refractivity contribution is 0.0648. The Bertz CT molecular complexity index is 366. The fraction of sp³-hybridized carbons (Fsp3) is 0.700. The largest absolute Gasteiger partial charge is 0.474 e. The van der Waals surface area contributed by atoms with Crippen molar-refractivity contribution in [3.8, 4) is 0 Å². The molecule has 2 rings (SSSR count). The average Bonchev–Trinajstić information content (AvgIpc) is 2.68. The summed E-state index contributed by atoms with van der Waals surface area (Å²) in [6, 6.07) is 0. The topological polar surface area (TPSA) is 76.2 Å². The molecule has 0 aromatic carbocycles. The highest BCUT2D eigenvalue weighted by molar-refractivity contribution is 5.81. The van der Waals surface area contributed by atoms with Gasteiger partial charge in [0.25, 0.3) is 0 Å². The summed E-state index contributed by atoms with van der Waals surface area (Å²) in [6.45, 7) is 2.06. The standard InChI is InChI=1S/C10H14N2O3/c1-10(5-3-2-4-6-10)9-12-11-7(15-9)8(13)14/h2-6H2,1H3,(H,13,14). The van der Waals surface area contributed by atoms with Gasteiger partial charge in [0.1, 0.15) is 0 Å². The molecule has 1 heterocycles. The van der Waals surface area contributed by atoms with Gasteiger partial charge in [0.15, 0.2) is 0 Å². The first-order chi connectivity index (χ1) is 7.12. The molecule has 0 saturated heterocycles. The van der Waals surface area contributed by atoms with Crippen LogP contribution in [0.5, 0.6) is 0 Å². The number of aromatic carboxylic acids is 1. The van der Waals surface area contributed by atoms with Crippen molar-refractivity contribution in [2.75, 3.05) is 0 Å². The molecule has 0 amide bonds. The van der Waals surface area contributed by atoms with Gasteiger partial charge in [0, 0.05) is 5.41 Å². The Balaban J connectivity index is 2.23. The van der Waals surface area contributed by atoms with Crippen molar-refractivity contribution in [3.63, 3.8) is 0 Å². The molecule has 0 unspecified atom stereocenters. The van der Waals surface area contributed by atoms with E-state index < -0.39 is 5.97 Å². The number of hydrogen-bond acceptors (Lipinski definition) is 4. The van der Waals surface area contributed by atoms with Crippen LogP contribution in [-0.2, 0) is 5.41 Å². The van der Waals surface area contributed by atoms with Crippen LogP contribution in [-0.4, -0.2) is 21.3 Å². The highest BCUT2D eigenvalue weighted by atomic mass is 16.4. The highest BCUT2D eigenvalue weighted by Gasteiger charge is 2.34. The second-order valence-corrected chi connectivity index (χ2v) is 4.34. The van der Waals surface area contributed by atoms with Crippen LogP contribution >= 0.6 is 0 Å². The number of hydrogen-bond donors (Lipinski definition) is 1. The van der Waals surface area contributed by atoms with Gasteiger partial charge in [-0.25, -0.2) is 4.79 Å². The maximum Gasteiger partial charge on any atom is 0.393 e. The fourth-order valence-corrected chi connectivity index (χ4v) is 2.10. The van der Waals surface area contributed by atoms with Crippen molar-refractivity contribution in [3.05, 3.63) is 11.8 Å². The zero-order chi connectivity index (χ0) is 10.9. The molecular formula is C10H14N2O3. The highest BCUT2D eigenvalue weighted by Crippen LogP contribution is 2.37. The zero-order valence-corrected chi connectivity index (χ0v) is 8.69. The van der Waals surface area contributed by atoms with Crippen LogP contribution in [0.3, 0.4) is 0 Å². The van der Waals surface area contributed by atoms with E-state index in [1.165, 1.54) is 6.42 Å². The third kappa shape index (κ3) is 1.86. The number of nitrogens with zero attached hydrogens (tertiary/aromatic N) is 2. The number of rotatable bonds is 2. The molecule has 15 heavy (non-hydrogen) atoms. The van der Waals surface area contributed by atoms with E-state index in [1.807, 2.05) is 0 Å². The first-order valence-corrected chi connectivity index (χ1v) is 5.19. The molecule has 5 nitrogen and oxygen atoms in total. The molecule has 5 heteroatoms. The van der Waals surface area contributed by atoms with Crippen LogP contribution in [0.2, 0.25) is 0 Å². The fourth-order valence-electron chi connectivity index (χ4n) is 2.10. The van der Waals surface area contributed by atoms with Gasteiger partial charge in [-0.1, -0.05) is 26.2 Å². The van der Waals surface area contributed by atoms with E-state index in [0.29, 0.717) is 5.89 Å². The predicted octanol–water partition coefficient (Wildman–Crippen LogP) is 1.99. The normalized spacial score (nSPS) is 20.1. The monoisotopic (exact) mass is 210 g/mol. The van der Waals surface area contributed by atoms with Gasteiger partial charge in [-0.2, -0.15) is 0 Å². The minimum Gasteiger partial charge on any atom is -0.474 e. The molecule has 1 N–H and O–H groups in total. The summed E-state index contributed by atoms with van der Waals surface area (Å²) in [5.41, 5.74) is -0.126. The molecule has 0 radical (unpaired) electrons. The summed E-state index contributed by atoms with van der Waals surface area (Å²) in [6.07, 6.45) is 5.50. The van der Waals surface area contributed by atoms with E-state index in [0.717, 1.165) is 25.7 Å². The smallest absolute Gasteiger partial charge is 0.393 e. The summed E-state index contributed by atoms with van der Waals surface area (Å²) in [5.74, 6) is -0.996. The lowest BCUT2D eigenvalue weighted by Gasteiger charge is -2.29. The Labute approximate surface area is 87.5 Å². The second-order valence-electron chi connectivity index (χ2n) is 4.34. The summed E-state index contributed by atoms with van der Waals surface area (Å²) in [5, 5.41) is 16.0. The van der Waals surface area contributed by atoms with Gasteiger partial charge in [0.05, 0.1) is 0 Å². The number of carbonyl (C=O) groups is 1. The minimum atomic E-state index is -1.16. The molecular weight excluding hydrogens is 196 g/mol. The molecule has 1 aliphatic carbocycles. The van der Waals surface area contributed by atoms with Crippen molar-refractivity contribution in [1.82, 2.24) is 10.2 Å². The SMILES string of the molecule is CC1(c2nnc(C(=O)O)o2)CCCCC1. The van der Waals surface area contributed by atoms with Crippen molar-refractivity contribution >= 4 is 5.97 Å². The van der Waals surface area contributed by atoms with Gasteiger partial charge in [-0.3, -0.25) is 0 Å². The third-order valence-corrected chi connectivity index (χ3v) is 3.08. The van der Waals surface area contributed by atoms with E-state index in [1.54, 1.807) is 0 Å². The van der Waals surface area contributed by atoms with Crippen molar-refractivity contribution in [1.29, 1.82) is 0 Å². The Morgan fingerprint density at radius 2 is 2.00 bits per heavy atom. The second kappa shape index (κ2) is 3.64. The van der Waals surface area contributed by atoms with E-state index in [4.69, 9.17) is 9.52 Å². The average molecular weight is 210 g/mol. The van der Waals surface area contributed by atoms with Gasteiger partial charge in [-0.15, -0.1) is 10.2 Å². The van der Waals surface area contributed by atoms with Crippen LogP contribution in [0.25, 0.3) is 0 Å². The Kier molecular flexibility index (Phi) is 2.46. The van der Waals surface area contributed by atoms with E-state index in [-0.39, 0.29) is 11.3 Å². The molecule has 0 spiro atoms. The first-order valence-electron chi connectivity index (χ1n) is 5.19. The molecule has 1 aromatic rings. The molecule has 0 bridgehead atoms. The van der Waals surface area contributed by atoms with Crippen molar-refractivity contribution in [2.45, 2.75) is 44.4 Å². The molecule has 82 valence electrons. The Morgan fingerprint density at radius 3 is 2.53 bits per heavy atom. The molecule has 1 saturated carbocycles. The lowest BCUT2D eigenvalue weighted by atomic mass is 9.76. The minimum absolute atomic E-state index is 0.126. The summed E-state index contributed by atoms with van der Waals surface area (Å²) >= 11 is 0. The van der Waals surface area contributed by atoms with Crippen LogP contribution < -0.4 is 0 Å². The molecule has 1 fully saturated rings. The van der Waals surface area contributed by atoms with Crippen LogP contribution in [0, 0.1) is 0 Å². The molecule has 1 aliphatic rings. The van der Waals surface area contributed by atoms with Gasteiger partial charge in [0.2, 0.25) is 5.89 Å². The first kappa shape index (κ1) is 10.1. The van der Waals surface area contributed by atoms with E-state index in [9.17, 15) is 4.79 Å². The predicted molar refractivity (Wildman–Crippen MR) is 51.7 cm³/mol. The molecule has 0 atom stereocenters. The van der Waals surface area contributed by atoms with Crippen molar-refractivity contribution < 1.29 is 14.3 Å². The van der Waals surface area contributed by atoms with Gasteiger partial charge < -0.3 is 9.52 Å². The third-order valence-electron chi connectivity index (χ3n) is 3.08. The van der Waals surface area contributed by atoms with Crippen LogP contribution in [0.1, 0.15) is 55.6 Å². The number of aromatic nitrogens is 2. The van der Waals surface area contributed by atoms with Crippen LogP contribution in [0.15, 0.2) is 4.42 Å².